The molecule has 0 radical (unpaired) electrons. The van der Waals surface area contributed by atoms with Gasteiger partial charge in [-0.1, -0.05) is 13.3 Å². The molecule has 7 nitrogen and oxygen atoms in total. The molecule has 4 aromatic rings. The number of amides is 1. The highest BCUT2D eigenvalue weighted by molar-refractivity contribution is 6.04. The second-order valence-corrected chi connectivity index (χ2v) is 6.95. The van der Waals surface area contributed by atoms with E-state index in [9.17, 15) is 4.79 Å². The van der Waals surface area contributed by atoms with Crippen LogP contribution in [0.15, 0.2) is 67.1 Å². The van der Waals surface area contributed by atoms with Gasteiger partial charge in [0.2, 0.25) is 0 Å². The third kappa shape index (κ3) is 4.35. The SMILES string of the molecule is CCCc1ccnc(NC(=O)c2ccc(Nc3ncnc4ccc(N)cc34)cc2)c1. The minimum Gasteiger partial charge on any atom is -0.399 e. The molecule has 0 saturated heterocycles. The highest BCUT2D eigenvalue weighted by Gasteiger charge is 2.09. The first-order chi connectivity index (χ1) is 14.6. The second kappa shape index (κ2) is 8.57. The van der Waals surface area contributed by atoms with E-state index in [-0.39, 0.29) is 5.91 Å². The summed E-state index contributed by atoms with van der Waals surface area (Å²) in [7, 11) is 0. The third-order valence-corrected chi connectivity index (χ3v) is 4.67. The summed E-state index contributed by atoms with van der Waals surface area (Å²) in [4.78, 5) is 25.4. The molecule has 0 saturated carbocycles. The van der Waals surface area contributed by atoms with Gasteiger partial charge in [-0.15, -0.1) is 0 Å². The topological polar surface area (TPSA) is 106 Å². The number of benzene rings is 2. The number of nitrogens with zero attached hydrogens (tertiary/aromatic N) is 3. The van der Waals surface area contributed by atoms with Gasteiger partial charge in [-0.05, 0) is 66.6 Å². The number of rotatable bonds is 6. The van der Waals surface area contributed by atoms with Crippen LogP contribution in [0.4, 0.5) is 23.0 Å². The molecule has 0 spiro atoms. The smallest absolute Gasteiger partial charge is 0.256 e. The molecule has 2 heterocycles. The van der Waals surface area contributed by atoms with Crippen molar-refractivity contribution in [3.05, 3.63) is 78.2 Å². The van der Waals surface area contributed by atoms with E-state index >= 15 is 0 Å². The van der Waals surface area contributed by atoms with Crippen LogP contribution in [0, 0.1) is 0 Å². The minimum absolute atomic E-state index is 0.206. The molecule has 0 bridgehead atoms. The molecule has 0 aliphatic rings. The fourth-order valence-electron chi connectivity index (χ4n) is 3.19. The van der Waals surface area contributed by atoms with E-state index in [4.69, 9.17) is 5.73 Å². The number of carbonyl (C=O) groups excluding carboxylic acids is 1. The molecule has 0 unspecified atom stereocenters. The Morgan fingerprint density at radius 2 is 1.83 bits per heavy atom. The van der Waals surface area contributed by atoms with Crippen LogP contribution in [0.25, 0.3) is 10.9 Å². The standard InChI is InChI=1S/C23H22N6O/c1-2-3-15-10-11-25-21(12-15)29-23(30)16-4-7-18(8-5-16)28-22-19-13-17(24)6-9-20(19)26-14-27-22/h4-14H,2-3,24H2,1H3,(H,25,29,30)(H,26,27,28). The predicted octanol–water partition coefficient (Wildman–Crippen LogP) is 4.56. The average molecular weight is 398 g/mol. The molecule has 2 aromatic heterocycles. The maximum atomic E-state index is 12.6. The van der Waals surface area contributed by atoms with E-state index in [0.717, 1.165) is 35.0 Å². The number of nitrogen functional groups attached to an aromatic ring is 1. The van der Waals surface area contributed by atoms with Gasteiger partial charge < -0.3 is 16.4 Å². The van der Waals surface area contributed by atoms with Crippen LogP contribution < -0.4 is 16.4 Å². The number of aromatic nitrogens is 3. The first kappa shape index (κ1) is 19.3. The number of hydrogen-bond acceptors (Lipinski definition) is 6. The Labute approximate surface area is 174 Å². The van der Waals surface area contributed by atoms with Crippen LogP contribution in [0.3, 0.4) is 0 Å². The van der Waals surface area contributed by atoms with E-state index in [0.29, 0.717) is 22.9 Å². The number of hydrogen-bond donors (Lipinski definition) is 3. The average Bonchev–Trinajstić information content (AvgIpc) is 2.75. The molecule has 4 N–H and O–H groups in total. The van der Waals surface area contributed by atoms with Crippen LogP contribution in [0.2, 0.25) is 0 Å². The van der Waals surface area contributed by atoms with Gasteiger partial charge >= 0.3 is 0 Å². The van der Waals surface area contributed by atoms with Gasteiger partial charge in [-0.25, -0.2) is 15.0 Å². The van der Waals surface area contributed by atoms with Crippen LogP contribution in [0.1, 0.15) is 29.3 Å². The number of pyridine rings is 1. The van der Waals surface area contributed by atoms with Crippen molar-refractivity contribution < 1.29 is 4.79 Å². The van der Waals surface area contributed by atoms with Crippen molar-refractivity contribution in [2.24, 2.45) is 0 Å². The lowest BCUT2D eigenvalue weighted by molar-refractivity contribution is 0.102. The quantitative estimate of drug-likeness (QED) is 0.411. The molecule has 30 heavy (non-hydrogen) atoms. The Balaban J connectivity index is 1.49. The molecule has 4 rings (SSSR count). The van der Waals surface area contributed by atoms with E-state index in [2.05, 4.69) is 32.5 Å². The van der Waals surface area contributed by atoms with E-state index in [1.54, 1.807) is 24.4 Å². The van der Waals surface area contributed by atoms with Crippen molar-refractivity contribution in [2.75, 3.05) is 16.4 Å². The lowest BCUT2D eigenvalue weighted by Gasteiger charge is -2.10. The fourth-order valence-corrected chi connectivity index (χ4v) is 3.19. The number of aryl methyl sites for hydroxylation is 1. The zero-order valence-corrected chi connectivity index (χ0v) is 16.6. The van der Waals surface area contributed by atoms with Gasteiger partial charge in [0.25, 0.3) is 5.91 Å². The predicted molar refractivity (Wildman–Crippen MR) is 120 cm³/mol. The van der Waals surface area contributed by atoms with Crippen molar-refractivity contribution in [1.29, 1.82) is 0 Å². The Bertz CT molecular complexity index is 1190. The van der Waals surface area contributed by atoms with Crippen molar-refractivity contribution >= 4 is 39.8 Å². The Morgan fingerprint density at radius 1 is 1.00 bits per heavy atom. The summed E-state index contributed by atoms with van der Waals surface area (Å²) in [6.45, 7) is 2.12. The Kier molecular flexibility index (Phi) is 5.52. The van der Waals surface area contributed by atoms with E-state index in [1.165, 1.54) is 6.33 Å². The van der Waals surface area contributed by atoms with Crippen LogP contribution in [-0.2, 0) is 6.42 Å². The first-order valence-electron chi connectivity index (χ1n) is 9.76. The van der Waals surface area contributed by atoms with Gasteiger partial charge in [-0.2, -0.15) is 0 Å². The zero-order valence-electron chi connectivity index (χ0n) is 16.6. The highest BCUT2D eigenvalue weighted by Crippen LogP contribution is 2.25. The van der Waals surface area contributed by atoms with Crippen molar-refractivity contribution in [1.82, 2.24) is 15.0 Å². The summed E-state index contributed by atoms with van der Waals surface area (Å²) in [5.74, 6) is 1.00. The van der Waals surface area contributed by atoms with Gasteiger partial charge in [0.1, 0.15) is 18.0 Å². The van der Waals surface area contributed by atoms with Crippen LogP contribution >= 0.6 is 0 Å². The fraction of sp³-hybridized carbons (Fsp3) is 0.130. The van der Waals surface area contributed by atoms with E-state index < -0.39 is 0 Å². The maximum Gasteiger partial charge on any atom is 0.256 e. The van der Waals surface area contributed by atoms with Gasteiger partial charge in [0.05, 0.1) is 5.52 Å². The first-order valence-corrected chi connectivity index (χ1v) is 9.76. The summed E-state index contributed by atoms with van der Waals surface area (Å²) in [6.07, 6.45) is 5.21. The van der Waals surface area contributed by atoms with Gasteiger partial charge in [0, 0.05) is 28.5 Å². The van der Waals surface area contributed by atoms with Crippen molar-refractivity contribution in [2.45, 2.75) is 19.8 Å². The summed E-state index contributed by atoms with van der Waals surface area (Å²) in [5.41, 5.74) is 9.84. The molecule has 150 valence electrons. The summed E-state index contributed by atoms with van der Waals surface area (Å²) >= 11 is 0. The second-order valence-electron chi connectivity index (χ2n) is 6.95. The minimum atomic E-state index is -0.206. The number of nitrogens with two attached hydrogens (primary N) is 1. The maximum absolute atomic E-state index is 12.6. The summed E-state index contributed by atoms with van der Waals surface area (Å²) < 4.78 is 0. The van der Waals surface area contributed by atoms with Crippen molar-refractivity contribution in [3.63, 3.8) is 0 Å². The highest BCUT2D eigenvalue weighted by atomic mass is 16.1. The summed E-state index contributed by atoms with van der Waals surface area (Å²) in [5, 5.41) is 6.94. The molecule has 1 amide bonds. The lowest BCUT2D eigenvalue weighted by Crippen LogP contribution is -2.13. The van der Waals surface area contributed by atoms with Gasteiger partial charge in [-0.3, -0.25) is 4.79 Å². The monoisotopic (exact) mass is 398 g/mol. The molecule has 7 heteroatoms. The molecule has 0 fully saturated rings. The number of nitrogens with one attached hydrogen (secondary N) is 2. The zero-order chi connectivity index (χ0) is 20.9. The van der Waals surface area contributed by atoms with E-state index in [1.807, 2.05) is 36.4 Å². The molecular formula is C23H22N6O. The van der Waals surface area contributed by atoms with Crippen molar-refractivity contribution in [3.8, 4) is 0 Å². The normalized spacial score (nSPS) is 10.7. The molecule has 0 aliphatic heterocycles. The number of carbonyl (C=O) groups is 1. The Hall–Kier alpha value is -4.00. The third-order valence-electron chi connectivity index (χ3n) is 4.67. The number of anilines is 4. The summed E-state index contributed by atoms with van der Waals surface area (Å²) in [6, 6.07) is 16.5. The largest absolute Gasteiger partial charge is 0.399 e. The van der Waals surface area contributed by atoms with Crippen LogP contribution in [0.5, 0.6) is 0 Å². The van der Waals surface area contributed by atoms with Gasteiger partial charge in [0.15, 0.2) is 0 Å². The molecule has 2 aromatic carbocycles. The molecule has 0 aliphatic carbocycles. The van der Waals surface area contributed by atoms with Crippen LogP contribution in [-0.4, -0.2) is 20.9 Å². The Morgan fingerprint density at radius 3 is 2.63 bits per heavy atom. The molecule has 0 atom stereocenters. The number of fused-ring (bicyclic) bond motifs is 1. The lowest BCUT2D eigenvalue weighted by atomic mass is 10.1. The molecular weight excluding hydrogens is 376 g/mol.